The first kappa shape index (κ1) is 27.8. The summed E-state index contributed by atoms with van der Waals surface area (Å²) in [5.41, 5.74) is 6.11. The molecule has 0 atom stereocenters. The van der Waals surface area contributed by atoms with Crippen molar-refractivity contribution in [2.45, 2.75) is 84.1 Å². The molecule has 4 rings (SSSR count). The molecule has 1 N–H and O–H groups in total. The summed E-state index contributed by atoms with van der Waals surface area (Å²) in [6.07, 6.45) is 13.8. The van der Waals surface area contributed by atoms with E-state index in [0.717, 1.165) is 43.7 Å². The molecular formula is C34H43N3O. The standard InChI is InChI=1S/C34H43N3O/c1-2-3-4-5-6-7-8-9-13-16-33-36-34(38-37-33)32-23-19-29(20-24-32)27-35-26-25-28-17-21-31(22-18-28)30-14-11-10-12-15-30/h10-12,14-15,17-24,35H,2-9,13,16,25-27H2,1H3. The predicted molar refractivity (Wildman–Crippen MR) is 158 cm³/mol. The van der Waals surface area contributed by atoms with Gasteiger partial charge < -0.3 is 9.84 Å². The van der Waals surface area contributed by atoms with Crippen LogP contribution >= 0.6 is 0 Å². The van der Waals surface area contributed by atoms with Crippen LogP contribution in [0.5, 0.6) is 0 Å². The van der Waals surface area contributed by atoms with E-state index in [-0.39, 0.29) is 0 Å². The predicted octanol–water partition coefficient (Wildman–Crippen LogP) is 8.81. The van der Waals surface area contributed by atoms with Crippen LogP contribution in [-0.4, -0.2) is 16.7 Å². The van der Waals surface area contributed by atoms with Crippen molar-refractivity contribution in [3.8, 4) is 22.6 Å². The maximum absolute atomic E-state index is 5.53. The van der Waals surface area contributed by atoms with Crippen molar-refractivity contribution in [1.29, 1.82) is 0 Å². The SMILES string of the molecule is CCCCCCCCCCCc1noc(-c2ccc(CNCCc3ccc(-c4ccccc4)cc3)cc2)n1. The van der Waals surface area contributed by atoms with Gasteiger partial charge in [0.15, 0.2) is 5.82 Å². The molecule has 0 bridgehead atoms. The average molecular weight is 510 g/mol. The molecule has 0 aliphatic carbocycles. The van der Waals surface area contributed by atoms with Gasteiger partial charge in [-0.1, -0.05) is 130 Å². The number of aryl methyl sites for hydroxylation is 1. The van der Waals surface area contributed by atoms with Gasteiger partial charge in [-0.15, -0.1) is 0 Å². The maximum atomic E-state index is 5.53. The number of hydrogen-bond acceptors (Lipinski definition) is 4. The Labute approximate surface area is 228 Å². The second kappa shape index (κ2) is 15.9. The molecule has 38 heavy (non-hydrogen) atoms. The fourth-order valence-electron chi connectivity index (χ4n) is 4.79. The summed E-state index contributed by atoms with van der Waals surface area (Å²) in [6.45, 7) is 4.06. The van der Waals surface area contributed by atoms with Crippen LogP contribution in [0.3, 0.4) is 0 Å². The van der Waals surface area contributed by atoms with E-state index in [1.54, 1.807) is 0 Å². The fraction of sp³-hybridized carbons (Fsp3) is 0.412. The van der Waals surface area contributed by atoms with E-state index in [1.165, 1.54) is 73.6 Å². The van der Waals surface area contributed by atoms with Crippen molar-refractivity contribution < 1.29 is 4.52 Å². The van der Waals surface area contributed by atoms with Gasteiger partial charge in [-0.05, 0) is 53.8 Å². The van der Waals surface area contributed by atoms with Gasteiger partial charge in [0.2, 0.25) is 0 Å². The van der Waals surface area contributed by atoms with Crippen molar-refractivity contribution in [2.75, 3.05) is 6.54 Å². The summed E-state index contributed by atoms with van der Waals surface area (Å²) in [6, 6.07) is 27.8. The molecule has 200 valence electrons. The topological polar surface area (TPSA) is 51.0 Å². The van der Waals surface area contributed by atoms with Gasteiger partial charge >= 0.3 is 0 Å². The van der Waals surface area contributed by atoms with Crippen molar-refractivity contribution in [2.24, 2.45) is 0 Å². The molecular weight excluding hydrogens is 466 g/mol. The third-order valence-electron chi connectivity index (χ3n) is 7.15. The molecule has 0 aliphatic heterocycles. The lowest BCUT2D eigenvalue weighted by molar-refractivity contribution is 0.421. The number of aromatic nitrogens is 2. The van der Waals surface area contributed by atoms with Crippen molar-refractivity contribution in [1.82, 2.24) is 15.5 Å². The van der Waals surface area contributed by atoms with E-state index in [2.05, 4.69) is 101 Å². The Morgan fingerprint density at radius 1 is 0.605 bits per heavy atom. The normalized spacial score (nSPS) is 11.2. The van der Waals surface area contributed by atoms with E-state index in [1.807, 2.05) is 0 Å². The second-order valence-electron chi connectivity index (χ2n) is 10.3. The van der Waals surface area contributed by atoms with Crippen LogP contribution in [-0.2, 0) is 19.4 Å². The summed E-state index contributed by atoms with van der Waals surface area (Å²) in [4.78, 5) is 4.62. The van der Waals surface area contributed by atoms with Gasteiger partial charge in [0.1, 0.15) is 0 Å². The molecule has 0 fully saturated rings. The largest absolute Gasteiger partial charge is 0.334 e. The summed E-state index contributed by atoms with van der Waals surface area (Å²) in [5.74, 6) is 1.44. The second-order valence-corrected chi connectivity index (χ2v) is 10.3. The highest BCUT2D eigenvalue weighted by Crippen LogP contribution is 2.20. The minimum atomic E-state index is 0.620. The van der Waals surface area contributed by atoms with Crippen LogP contribution in [0.15, 0.2) is 83.4 Å². The van der Waals surface area contributed by atoms with E-state index in [9.17, 15) is 0 Å². The minimum absolute atomic E-state index is 0.620. The summed E-state index contributed by atoms with van der Waals surface area (Å²) in [7, 11) is 0. The van der Waals surface area contributed by atoms with E-state index in [4.69, 9.17) is 4.52 Å². The molecule has 0 amide bonds. The van der Waals surface area contributed by atoms with Gasteiger partial charge in [-0.2, -0.15) is 4.98 Å². The fourth-order valence-corrected chi connectivity index (χ4v) is 4.79. The van der Waals surface area contributed by atoms with Crippen LogP contribution in [0.25, 0.3) is 22.6 Å². The van der Waals surface area contributed by atoms with E-state index in [0.29, 0.717) is 5.89 Å². The van der Waals surface area contributed by atoms with Gasteiger partial charge in [-0.3, -0.25) is 0 Å². The van der Waals surface area contributed by atoms with Crippen molar-refractivity contribution >= 4 is 0 Å². The minimum Gasteiger partial charge on any atom is -0.334 e. The Balaban J connectivity index is 1.12. The molecule has 1 aromatic heterocycles. The number of nitrogens with zero attached hydrogens (tertiary/aromatic N) is 2. The Morgan fingerprint density at radius 3 is 1.92 bits per heavy atom. The third kappa shape index (κ3) is 9.25. The molecule has 1 heterocycles. The lowest BCUT2D eigenvalue weighted by atomic mass is 10.0. The molecule has 0 aliphatic rings. The molecule has 0 spiro atoms. The highest BCUT2D eigenvalue weighted by Gasteiger charge is 2.09. The molecule has 0 radical (unpaired) electrons. The summed E-state index contributed by atoms with van der Waals surface area (Å²) < 4.78 is 5.53. The first-order chi connectivity index (χ1) is 18.8. The van der Waals surface area contributed by atoms with Crippen LogP contribution in [0.1, 0.15) is 81.7 Å². The first-order valence-corrected chi connectivity index (χ1v) is 14.6. The van der Waals surface area contributed by atoms with Crippen molar-refractivity contribution in [3.05, 3.63) is 95.8 Å². The van der Waals surface area contributed by atoms with Crippen LogP contribution in [0.4, 0.5) is 0 Å². The van der Waals surface area contributed by atoms with Gasteiger partial charge in [0.05, 0.1) is 0 Å². The monoisotopic (exact) mass is 509 g/mol. The van der Waals surface area contributed by atoms with Crippen LogP contribution in [0.2, 0.25) is 0 Å². The lowest BCUT2D eigenvalue weighted by Gasteiger charge is -2.07. The lowest BCUT2D eigenvalue weighted by Crippen LogP contribution is -2.16. The zero-order chi connectivity index (χ0) is 26.3. The molecule has 4 nitrogen and oxygen atoms in total. The number of hydrogen-bond donors (Lipinski definition) is 1. The van der Waals surface area contributed by atoms with Gasteiger partial charge in [-0.25, -0.2) is 0 Å². The number of unbranched alkanes of at least 4 members (excludes halogenated alkanes) is 8. The smallest absolute Gasteiger partial charge is 0.257 e. The molecule has 0 saturated heterocycles. The quantitative estimate of drug-likeness (QED) is 0.144. The van der Waals surface area contributed by atoms with Gasteiger partial charge in [0, 0.05) is 18.5 Å². The summed E-state index contributed by atoms with van der Waals surface area (Å²) >= 11 is 0. The zero-order valence-corrected chi connectivity index (χ0v) is 23.0. The molecule has 4 aromatic rings. The highest BCUT2D eigenvalue weighted by molar-refractivity contribution is 5.63. The number of benzene rings is 3. The molecule has 4 heteroatoms. The van der Waals surface area contributed by atoms with E-state index < -0.39 is 0 Å². The molecule has 0 unspecified atom stereocenters. The highest BCUT2D eigenvalue weighted by atomic mass is 16.5. The molecule has 0 saturated carbocycles. The van der Waals surface area contributed by atoms with Crippen LogP contribution < -0.4 is 5.32 Å². The first-order valence-electron chi connectivity index (χ1n) is 14.6. The number of rotatable bonds is 17. The van der Waals surface area contributed by atoms with Gasteiger partial charge in [0.25, 0.3) is 5.89 Å². The van der Waals surface area contributed by atoms with Crippen LogP contribution in [0, 0.1) is 0 Å². The maximum Gasteiger partial charge on any atom is 0.257 e. The summed E-state index contributed by atoms with van der Waals surface area (Å²) in [5, 5.41) is 7.75. The zero-order valence-electron chi connectivity index (χ0n) is 23.0. The Hall–Kier alpha value is -3.24. The molecule has 3 aromatic carbocycles. The average Bonchev–Trinajstić information content (AvgIpc) is 3.44. The Bertz CT molecular complexity index is 1170. The van der Waals surface area contributed by atoms with E-state index >= 15 is 0 Å². The Kier molecular flexibility index (Phi) is 11.6. The Morgan fingerprint density at radius 2 is 1.21 bits per heavy atom. The third-order valence-corrected chi connectivity index (χ3v) is 7.15. The van der Waals surface area contributed by atoms with Crippen molar-refractivity contribution in [3.63, 3.8) is 0 Å². The number of nitrogens with one attached hydrogen (secondary N) is 1.